The molecule has 1 atom stereocenters. The van der Waals surface area contributed by atoms with Crippen molar-refractivity contribution in [2.24, 2.45) is 15.9 Å². The SMILES string of the molecule is CC[C@H]1C=C(OC)N=C(c2ccc3ccc4cccc5ccc2c3c45)N=C1OC. The van der Waals surface area contributed by atoms with Crippen molar-refractivity contribution < 1.29 is 9.47 Å². The second kappa shape index (κ2) is 6.89. The van der Waals surface area contributed by atoms with Crippen LogP contribution in [-0.4, -0.2) is 26.0 Å². The zero-order valence-corrected chi connectivity index (χ0v) is 16.8. The molecule has 0 radical (unpaired) electrons. The lowest BCUT2D eigenvalue weighted by Crippen LogP contribution is -2.15. The topological polar surface area (TPSA) is 43.2 Å². The molecule has 0 N–H and O–H groups in total. The van der Waals surface area contributed by atoms with Crippen LogP contribution in [0.15, 0.2) is 76.5 Å². The van der Waals surface area contributed by atoms with Gasteiger partial charge in [0.05, 0.1) is 20.1 Å². The molecule has 0 fully saturated rings. The number of aliphatic imine (C=N–C) groups is 2. The standard InChI is InChI=1S/C25H22N2O2/c1-4-15-14-21(28-2)26-24(27-25(15)29-3)20-13-11-18-9-8-16-6-5-7-17-10-12-19(20)23(18)22(16)17/h5-15H,4H2,1-3H3/t15-/m0/s1. The Kier molecular flexibility index (Phi) is 4.20. The Bertz CT molecular complexity index is 1300. The summed E-state index contributed by atoms with van der Waals surface area (Å²) in [4.78, 5) is 9.54. The average Bonchev–Trinajstić information content (AvgIpc) is 2.96. The molecule has 4 aromatic carbocycles. The third kappa shape index (κ3) is 2.75. The Morgan fingerprint density at radius 1 is 0.793 bits per heavy atom. The summed E-state index contributed by atoms with van der Waals surface area (Å²) in [5, 5.41) is 7.36. The van der Waals surface area contributed by atoms with Gasteiger partial charge in [-0.2, -0.15) is 9.98 Å². The lowest BCUT2D eigenvalue weighted by atomic mass is 9.91. The van der Waals surface area contributed by atoms with E-state index >= 15 is 0 Å². The van der Waals surface area contributed by atoms with Crippen molar-refractivity contribution in [2.45, 2.75) is 13.3 Å². The maximum Gasteiger partial charge on any atom is 0.211 e. The molecule has 1 heterocycles. The van der Waals surface area contributed by atoms with Crippen LogP contribution >= 0.6 is 0 Å². The molecule has 29 heavy (non-hydrogen) atoms. The molecule has 1 aliphatic heterocycles. The molecule has 4 aromatic rings. The monoisotopic (exact) mass is 382 g/mol. The number of amidine groups is 1. The lowest BCUT2D eigenvalue weighted by molar-refractivity contribution is 0.284. The first kappa shape index (κ1) is 17.7. The van der Waals surface area contributed by atoms with E-state index < -0.39 is 0 Å². The first-order valence-electron chi connectivity index (χ1n) is 9.87. The summed E-state index contributed by atoms with van der Waals surface area (Å²) in [5.74, 6) is 1.87. The van der Waals surface area contributed by atoms with Gasteiger partial charge in [-0.1, -0.05) is 55.5 Å². The van der Waals surface area contributed by atoms with Crippen molar-refractivity contribution in [3.8, 4) is 0 Å². The van der Waals surface area contributed by atoms with Crippen LogP contribution in [0.2, 0.25) is 0 Å². The molecular formula is C25H22N2O2. The van der Waals surface area contributed by atoms with Crippen LogP contribution in [-0.2, 0) is 9.47 Å². The van der Waals surface area contributed by atoms with E-state index in [0.717, 1.165) is 17.4 Å². The van der Waals surface area contributed by atoms with E-state index in [1.807, 2.05) is 6.08 Å². The molecule has 0 unspecified atom stereocenters. The van der Waals surface area contributed by atoms with Gasteiger partial charge in [-0.3, -0.25) is 0 Å². The summed E-state index contributed by atoms with van der Waals surface area (Å²) in [6.45, 7) is 2.10. The smallest absolute Gasteiger partial charge is 0.211 e. The van der Waals surface area contributed by atoms with E-state index in [1.165, 1.54) is 26.9 Å². The number of benzene rings is 4. The first-order chi connectivity index (χ1) is 14.2. The molecule has 0 aromatic heterocycles. The predicted molar refractivity (Wildman–Crippen MR) is 120 cm³/mol. The zero-order valence-electron chi connectivity index (χ0n) is 16.8. The third-order valence-corrected chi connectivity index (χ3v) is 5.72. The van der Waals surface area contributed by atoms with Crippen molar-refractivity contribution in [1.82, 2.24) is 0 Å². The number of nitrogens with zero attached hydrogens (tertiary/aromatic N) is 2. The Balaban J connectivity index is 1.82. The number of methoxy groups -OCH3 is 2. The summed E-state index contributed by atoms with van der Waals surface area (Å²) in [5.41, 5.74) is 0.977. The van der Waals surface area contributed by atoms with E-state index in [-0.39, 0.29) is 5.92 Å². The summed E-state index contributed by atoms with van der Waals surface area (Å²) in [7, 11) is 3.30. The van der Waals surface area contributed by atoms with Crippen molar-refractivity contribution in [1.29, 1.82) is 0 Å². The maximum atomic E-state index is 5.61. The van der Waals surface area contributed by atoms with Crippen molar-refractivity contribution in [3.63, 3.8) is 0 Å². The maximum absolute atomic E-state index is 5.61. The van der Waals surface area contributed by atoms with Crippen LogP contribution in [0, 0.1) is 5.92 Å². The molecule has 0 saturated heterocycles. The van der Waals surface area contributed by atoms with Gasteiger partial charge in [-0.05, 0) is 50.9 Å². The zero-order chi connectivity index (χ0) is 20.0. The highest BCUT2D eigenvalue weighted by Gasteiger charge is 2.21. The van der Waals surface area contributed by atoms with Gasteiger partial charge >= 0.3 is 0 Å². The molecule has 144 valence electrons. The molecule has 5 rings (SSSR count). The fourth-order valence-electron chi connectivity index (χ4n) is 4.25. The molecule has 0 spiro atoms. The second-order valence-corrected chi connectivity index (χ2v) is 7.28. The molecule has 0 aliphatic carbocycles. The van der Waals surface area contributed by atoms with Crippen LogP contribution < -0.4 is 0 Å². The predicted octanol–water partition coefficient (Wildman–Crippen LogP) is 5.90. The van der Waals surface area contributed by atoms with Crippen LogP contribution in [0.3, 0.4) is 0 Å². The highest BCUT2D eigenvalue weighted by atomic mass is 16.5. The first-order valence-corrected chi connectivity index (χ1v) is 9.87. The Morgan fingerprint density at radius 2 is 1.48 bits per heavy atom. The molecular weight excluding hydrogens is 360 g/mol. The second-order valence-electron chi connectivity index (χ2n) is 7.28. The highest BCUT2D eigenvalue weighted by molar-refractivity contribution is 6.27. The van der Waals surface area contributed by atoms with E-state index in [4.69, 9.17) is 19.5 Å². The summed E-state index contributed by atoms with van der Waals surface area (Å²) in [6, 6.07) is 19.4. The fourth-order valence-corrected chi connectivity index (χ4v) is 4.25. The fraction of sp³-hybridized carbons (Fsp3) is 0.200. The van der Waals surface area contributed by atoms with E-state index in [1.54, 1.807) is 14.2 Å². The van der Waals surface area contributed by atoms with Gasteiger partial charge < -0.3 is 9.47 Å². The number of hydrogen-bond donors (Lipinski definition) is 0. The van der Waals surface area contributed by atoms with Crippen LogP contribution in [0.5, 0.6) is 0 Å². The Hall–Kier alpha value is -3.40. The highest BCUT2D eigenvalue weighted by Crippen LogP contribution is 2.36. The summed E-state index contributed by atoms with van der Waals surface area (Å²) in [6.07, 6.45) is 2.84. The van der Waals surface area contributed by atoms with E-state index in [0.29, 0.717) is 17.6 Å². The van der Waals surface area contributed by atoms with Crippen LogP contribution in [0.1, 0.15) is 18.9 Å². The van der Waals surface area contributed by atoms with Gasteiger partial charge in [0.15, 0.2) is 11.7 Å². The van der Waals surface area contributed by atoms with Gasteiger partial charge in [0.2, 0.25) is 5.88 Å². The number of ether oxygens (including phenoxy) is 2. The quantitative estimate of drug-likeness (QED) is 0.414. The minimum atomic E-state index is 0.0380. The van der Waals surface area contributed by atoms with Crippen molar-refractivity contribution >= 4 is 44.1 Å². The molecule has 0 saturated carbocycles. The van der Waals surface area contributed by atoms with E-state index in [9.17, 15) is 0 Å². The minimum absolute atomic E-state index is 0.0380. The van der Waals surface area contributed by atoms with Crippen molar-refractivity contribution in [2.75, 3.05) is 14.2 Å². The van der Waals surface area contributed by atoms with Crippen molar-refractivity contribution in [3.05, 3.63) is 72.1 Å². The molecule has 1 aliphatic rings. The average molecular weight is 382 g/mol. The van der Waals surface area contributed by atoms with Gasteiger partial charge in [-0.25, -0.2) is 0 Å². The molecule has 0 bridgehead atoms. The third-order valence-electron chi connectivity index (χ3n) is 5.72. The van der Waals surface area contributed by atoms with Gasteiger partial charge in [0, 0.05) is 5.56 Å². The van der Waals surface area contributed by atoms with Crippen LogP contribution in [0.25, 0.3) is 32.3 Å². The van der Waals surface area contributed by atoms with Gasteiger partial charge in [0.25, 0.3) is 0 Å². The summed E-state index contributed by atoms with van der Waals surface area (Å²) >= 11 is 0. The Labute approximate surface area is 169 Å². The molecule has 4 nitrogen and oxygen atoms in total. The van der Waals surface area contributed by atoms with Crippen LogP contribution in [0.4, 0.5) is 0 Å². The lowest BCUT2D eigenvalue weighted by Gasteiger charge is -2.14. The largest absolute Gasteiger partial charge is 0.484 e. The summed E-state index contributed by atoms with van der Waals surface area (Å²) < 4.78 is 11.1. The number of hydrogen-bond acceptors (Lipinski definition) is 4. The Morgan fingerprint density at radius 3 is 2.17 bits per heavy atom. The minimum Gasteiger partial charge on any atom is -0.484 e. The molecule has 0 amide bonds. The van der Waals surface area contributed by atoms with Gasteiger partial charge in [0.1, 0.15) is 0 Å². The normalized spacial score (nSPS) is 17.2. The van der Waals surface area contributed by atoms with Gasteiger partial charge in [-0.15, -0.1) is 0 Å². The molecule has 4 heteroatoms. The number of rotatable bonds is 3. The van der Waals surface area contributed by atoms with E-state index in [2.05, 4.69) is 61.5 Å².